The van der Waals surface area contributed by atoms with Crippen molar-refractivity contribution in [1.82, 2.24) is 0 Å². The van der Waals surface area contributed by atoms with Gasteiger partial charge in [-0.3, -0.25) is 0 Å². The molecule has 0 aliphatic carbocycles. The van der Waals surface area contributed by atoms with Crippen molar-refractivity contribution < 1.29 is 0 Å². The molecule has 2 nitrogen and oxygen atoms in total. The summed E-state index contributed by atoms with van der Waals surface area (Å²) in [4.78, 5) is 2.22. The van der Waals surface area contributed by atoms with E-state index in [1.807, 2.05) is 36.4 Å². The Morgan fingerprint density at radius 1 is 1.16 bits per heavy atom. The fourth-order valence-electron chi connectivity index (χ4n) is 2.21. The van der Waals surface area contributed by atoms with Crippen LogP contribution in [0.5, 0.6) is 0 Å². The zero-order valence-corrected chi connectivity index (χ0v) is 12.3. The molecule has 1 unspecified atom stereocenters. The Morgan fingerprint density at radius 2 is 1.89 bits per heavy atom. The van der Waals surface area contributed by atoms with Crippen molar-refractivity contribution in [3.63, 3.8) is 0 Å². The zero-order chi connectivity index (χ0) is 14.0. The normalized spacial score (nSPS) is 12.2. The third-order valence-electron chi connectivity index (χ3n) is 3.53. The molecule has 0 amide bonds. The van der Waals surface area contributed by atoms with Gasteiger partial charge in [-0.15, -0.1) is 0 Å². The van der Waals surface area contributed by atoms with Crippen molar-refractivity contribution in [2.45, 2.75) is 19.9 Å². The summed E-state index contributed by atoms with van der Waals surface area (Å²) in [5.74, 6) is 0. The molecule has 100 valence electrons. The van der Waals surface area contributed by atoms with Gasteiger partial charge in [-0.2, -0.15) is 0 Å². The largest absolute Gasteiger partial charge is 0.399 e. The molecule has 0 saturated heterocycles. The minimum Gasteiger partial charge on any atom is -0.399 e. The average molecular weight is 275 g/mol. The first kappa shape index (κ1) is 13.8. The molecular weight excluding hydrogens is 256 g/mol. The van der Waals surface area contributed by atoms with Crippen molar-refractivity contribution in [1.29, 1.82) is 0 Å². The van der Waals surface area contributed by atoms with Gasteiger partial charge in [0.05, 0.1) is 6.04 Å². The molecule has 0 spiro atoms. The average Bonchev–Trinajstić information content (AvgIpc) is 2.40. The summed E-state index contributed by atoms with van der Waals surface area (Å²) in [5.41, 5.74) is 10.2. The molecule has 0 saturated carbocycles. The molecule has 0 bridgehead atoms. The predicted octanol–water partition coefficient (Wildman–Crippen LogP) is 4.43. The lowest BCUT2D eigenvalue weighted by Gasteiger charge is -2.29. The number of aryl methyl sites for hydroxylation is 1. The second-order valence-electron chi connectivity index (χ2n) is 4.89. The van der Waals surface area contributed by atoms with Gasteiger partial charge in [0, 0.05) is 23.4 Å². The van der Waals surface area contributed by atoms with Crippen LogP contribution in [0.4, 0.5) is 11.4 Å². The monoisotopic (exact) mass is 274 g/mol. The lowest BCUT2D eigenvalue weighted by molar-refractivity contribution is 0.738. The molecule has 1 atom stereocenters. The van der Waals surface area contributed by atoms with Gasteiger partial charge >= 0.3 is 0 Å². The highest BCUT2D eigenvalue weighted by Gasteiger charge is 2.14. The molecule has 2 N–H and O–H groups in total. The Hall–Kier alpha value is -1.67. The van der Waals surface area contributed by atoms with E-state index in [-0.39, 0.29) is 6.04 Å². The summed E-state index contributed by atoms with van der Waals surface area (Å²) < 4.78 is 0. The summed E-state index contributed by atoms with van der Waals surface area (Å²) in [5, 5.41) is 0.766. The van der Waals surface area contributed by atoms with E-state index in [4.69, 9.17) is 17.3 Å². The highest BCUT2D eigenvalue weighted by molar-refractivity contribution is 6.30. The molecule has 0 aliphatic rings. The van der Waals surface area contributed by atoms with E-state index in [0.717, 1.165) is 16.4 Å². The molecule has 19 heavy (non-hydrogen) atoms. The van der Waals surface area contributed by atoms with Crippen molar-refractivity contribution in [3.8, 4) is 0 Å². The molecule has 2 rings (SSSR count). The number of nitrogen functional groups attached to an aromatic ring is 1. The van der Waals surface area contributed by atoms with E-state index in [0.29, 0.717) is 0 Å². The molecule has 3 heteroatoms. The summed E-state index contributed by atoms with van der Waals surface area (Å²) in [6, 6.07) is 14.2. The fraction of sp³-hybridized carbons (Fsp3) is 0.250. The van der Waals surface area contributed by atoms with E-state index in [1.54, 1.807) is 0 Å². The highest BCUT2D eigenvalue weighted by atomic mass is 35.5. The van der Waals surface area contributed by atoms with Crippen LogP contribution in [0.2, 0.25) is 5.02 Å². The van der Waals surface area contributed by atoms with E-state index in [2.05, 4.69) is 31.9 Å². The van der Waals surface area contributed by atoms with Gasteiger partial charge in [-0.05, 0) is 49.2 Å². The number of hydrogen-bond acceptors (Lipinski definition) is 2. The Balaban J connectivity index is 2.33. The lowest BCUT2D eigenvalue weighted by atomic mass is 10.1. The van der Waals surface area contributed by atoms with Crippen molar-refractivity contribution in [3.05, 3.63) is 58.6 Å². The summed E-state index contributed by atoms with van der Waals surface area (Å²) in [6.45, 7) is 4.25. The van der Waals surface area contributed by atoms with Crippen LogP contribution in [-0.4, -0.2) is 7.05 Å². The second kappa shape index (κ2) is 5.54. The molecule has 2 aromatic carbocycles. The predicted molar refractivity (Wildman–Crippen MR) is 83.9 cm³/mol. The van der Waals surface area contributed by atoms with Crippen molar-refractivity contribution in [2.75, 3.05) is 17.7 Å². The number of nitrogens with two attached hydrogens (primary N) is 1. The van der Waals surface area contributed by atoms with Crippen LogP contribution in [0, 0.1) is 6.92 Å². The fourth-order valence-corrected chi connectivity index (χ4v) is 2.40. The quantitative estimate of drug-likeness (QED) is 0.839. The van der Waals surface area contributed by atoms with Gasteiger partial charge in [-0.25, -0.2) is 0 Å². The van der Waals surface area contributed by atoms with Gasteiger partial charge < -0.3 is 10.6 Å². The number of benzene rings is 2. The maximum atomic E-state index is 6.06. The van der Waals surface area contributed by atoms with Crippen LogP contribution in [0.3, 0.4) is 0 Å². The molecule has 0 radical (unpaired) electrons. The van der Waals surface area contributed by atoms with Gasteiger partial charge in [0.2, 0.25) is 0 Å². The number of rotatable bonds is 3. The van der Waals surface area contributed by atoms with Crippen LogP contribution in [-0.2, 0) is 0 Å². The summed E-state index contributed by atoms with van der Waals surface area (Å²) in [7, 11) is 2.08. The van der Waals surface area contributed by atoms with E-state index < -0.39 is 0 Å². The maximum Gasteiger partial charge on any atom is 0.0511 e. The summed E-state index contributed by atoms with van der Waals surface area (Å²) >= 11 is 6.06. The van der Waals surface area contributed by atoms with Gasteiger partial charge in [-0.1, -0.05) is 29.8 Å². The number of anilines is 2. The Labute approximate surface area is 119 Å². The molecular formula is C16H19ClN2. The Bertz CT molecular complexity index is 581. The van der Waals surface area contributed by atoms with Gasteiger partial charge in [0.25, 0.3) is 0 Å². The van der Waals surface area contributed by atoms with Gasteiger partial charge in [0.1, 0.15) is 0 Å². The van der Waals surface area contributed by atoms with Gasteiger partial charge in [0.15, 0.2) is 0 Å². The highest BCUT2D eigenvalue weighted by Crippen LogP contribution is 2.30. The molecule has 0 heterocycles. The standard InChI is InChI=1S/C16H19ClN2/c1-11-7-8-15(18)10-16(11)19(3)12(2)13-5-4-6-14(17)9-13/h4-10,12H,18H2,1-3H3. The zero-order valence-electron chi connectivity index (χ0n) is 11.5. The van der Waals surface area contributed by atoms with Crippen molar-refractivity contribution >= 4 is 23.0 Å². The molecule has 0 aliphatic heterocycles. The number of hydrogen-bond donors (Lipinski definition) is 1. The minimum atomic E-state index is 0.235. The summed E-state index contributed by atoms with van der Waals surface area (Å²) in [6.07, 6.45) is 0. The molecule has 2 aromatic rings. The van der Waals surface area contributed by atoms with E-state index >= 15 is 0 Å². The molecule has 0 fully saturated rings. The minimum absolute atomic E-state index is 0.235. The van der Waals surface area contributed by atoms with Crippen LogP contribution in [0.1, 0.15) is 24.1 Å². The first-order chi connectivity index (χ1) is 8.99. The SMILES string of the molecule is Cc1ccc(N)cc1N(C)C(C)c1cccc(Cl)c1. The van der Waals surface area contributed by atoms with Crippen LogP contribution < -0.4 is 10.6 Å². The molecule has 0 aromatic heterocycles. The first-order valence-corrected chi connectivity index (χ1v) is 6.71. The Morgan fingerprint density at radius 3 is 2.58 bits per heavy atom. The van der Waals surface area contributed by atoms with Crippen LogP contribution in [0.15, 0.2) is 42.5 Å². The van der Waals surface area contributed by atoms with Crippen LogP contribution in [0.25, 0.3) is 0 Å². The third kappa shape index (κ3) is 3.02. The number of nitrogens with zero attached hydrogens (tertiary/aromatic N) is 1. The first-order valence-electron chi connectivity index (χ1n) is 6.33. The third-order valence-corrected chi connectivity index (χ3v) is 3.76. The lowest BCUT2D eigenvalue weighted by Crippen LogP contribution is -2.22. The van der Waals surface area contributed by atoms with Crippen molar-refractivity contribution in [2.24, 2.45) is 0 Å². The second-order valence-corrected chi connectivity index (χ2v) is 5.32. The number of halogens is 1. The Kier molecular flexibility index (Phi) is 4.01. The smallest absolute Gasteiger partial charge is 0.0511 e. The topological polar surface area (TPSA) is 29.3 Å². The maximum absolute atomic E-state index is 6.06. The van der Waals surface area contributed by atoms with Crippen LogP contribution >= 0.6 is 11.6 Å². The van der Waals surface area contributed by atoms with E-state index in [9.17, 15) is 0 Å². The van der Waals surface area contributed by atoms with E-state index in [1.165, 1.54) is 11.1 Å².